The van der Waals surface area contributed by atoms with Crippen LogP contribution in [0.15, 0.2) is 53.4 Å². The van der Waals surface area contributed by atoms with E-state index in [4.69, 9.17) is 0 Å². The first kappa shape index (κ1) is 21.2. The molecule has 2 aromatic carbocycles. The fraction of sp³-hybridized carbons (Fsp3) is 0.435. The number of carbonyl (C=O) groups excluding carboxylic acids is 1. The van der Waals surface area contributed by atoms with Gasteiger partial charge >= 0.3 is 0 Å². The number of carbonyl (C=O) groups is 1. The average Bonchev–Trinajstić information content (AvgIpc) is 2.93. The summed E-state index contributed by atoms with van der Waals surface area (Å²) in [6, 6.07) is 15.5. The first-order valence-corrected chi connectivity index (χ1v) is 13.3. The Morgan fingerprint density at radius 1 is 0.967 bits per heavy atom. The number of nitrogens with one attached hydrogen (secondary N) is 1. The molecule has 7 heteroatoms. The van der Waals surface area contributed by atoms with Crippen molar-refractivity contribution in [3.63, 3.8) is 0 Å². The maximum Gasteiger partial charge on any atom is 0.256 e. The fourth-order valence-electron chi connectivity index (χ4n) is 4.07. The van der Waals surface area contributed by atoms with Crippen LogP contribution in [0.2, 0.25) is 0 Å². The summed E-state index contributed by atoms with van der Waals surface area (Å²) >= 11 is 1.50. The molecule has 0 spiro atoms. The third kappa shape index (κ3) is 5.38. The molecular formula is C23H28N2O3S2. The number of amides is 1. The van der Waals surface area contributed by atoms with Gasteiger partial charge in [0.15, 0.2) is 9.84 Å². The van der Waals surface area contributed by atoms with Crippen LogP contribution in [-0.2, 0) is 9.84 Å². The standard InChI is InChI=1S/C23H28N2O3S2/c26-23(21-7-3-4-8-22(21)29-20-13-16-30(27,28)17-20)24-18-9-11-19(12-10-18)25-14-5-1-2-6-15-25/h3-4,7-12,20H,1-2,5-6,13-17H2,(H,24,26)/t20-/m0/s1. The lowest BCUT2D eigenvalue weighted by Crippen LogP contribution is -2.23. The number of anilines is 2. The Morgan fingerprint density at radius 2 is 1.67 bits per heavy atom. The topological polar surface area (TPSA) is 66.5 Å². The van der Waals surface area contributed by atoms with Gasteiger partial charge in [-0.3, -0.25) is 4.79 Å². The van der Waals surface area contributed by atoms with Crippen molar-refractivity contribution in [2.24, 2.45) is 0 Å². The van der Waals surface area contributed by atoms with Crippen LogP contribution in [0.3, 0.4) is 0 Å². The van der Waals surface area contributed by atoms with Gasteiger partial charge in [0.1, 0.15) is 0 Å². The quantitative estimate of drug-likeness (QED) is 0.730. The molecule has 4 rings (SSSR count). The van der Waals surface area contributed by atoms with Crippen LogP contribution in [0.5, 0.6) is 0 Å². The van der Waals surface area contributed by atoms with Crippen molar-refractivity contribution >= 4 is 38.9 Å². The van der Waals surface area contributed by atoms with Crippen molar-refractivity contribution in [1.29, 1.82) is 0 Å². The molecule has 2 aliphatic heterocycles. The maximum absolute atomic E-state index is 12.9. The molecule has 0 saturated carbocycles. The highest BCUT2D eigenvalue weighted by molar-refractivity contribution is 8.02. The van der Waals surface area contributed by atoms with Gasteiger partial charge in [-0.05, 0) is 55.7 Å². The Balaban J connectivity index is 1.42. The molecule has 5 nitrogen and oxygen atoms in total. The Morgan fingerprint density at radius 3 is 2.33 bits per heavy atom. The number of rotatable bonds is 5. The van der Waals surface area contributed by atoms with Crippen molar-refractivity contribution in [2.45, 2.75) is 42.2 Å². The summed E-state index contributed by atoms with van der Waals surface area (Å²) in [4.78, 5) is 16.2. The van der Waals surface area contributed by atoms with Crippen LogP contribution in [0.4, 0.5) is 11.4 Å². The Bertz CT molecular complexity index is 982. The highest BCUT2D eigenvalue weighted by atomic mass is 32.2. The summed E-state index contributed by atoms with van der Waals surface area (Å²) in [5, 5.41) is 3.00. The van der Waals surface area contributed by atoms with E-state index in [9.17, 15) is 13.2 Å². The van der Waals surface area contributed by atoms with E-state index < -0.39 is 9.84 Å². The third-order valence-corrected chi connectivity index (χ3v) is 9.04. The molecule has 2 heterocycles. The lowest BCUT2D eigenvalue weighted by Gasteiger charge is -2.22. The van der Waals surface area contributed by atoms with Gasteiger partial charge in [-0.25, -0.2) is 8.42 Å². The molecule has 0 radical (unpaired) electrons. The normalized spacial score (nSPS) is 21.2. The predicted octanol–water partition coefficient (Wildman–Crippen LogP) is 4.60. The van der Waals surface area contributed by atoms with Crippen LogP contribution in [0.1, 0.15) is 42.5 Å². The first-order valence-electron chi connectivity index (χ1n) is 10.6. The second-order valence-electron chi connectivity index (χ2n) is 8.04. The van der Waals surface area contributed by atoms with E-state index in [1.807, 2.05) is 30.3 Å². The molecular weight excluding hydrogens is 416 g/mol. The molecule has 0 aliphatic carbocycles. The van der Waals surface area contributed by atoms with Crippen LogP contribution in [0, 0.1) is 0 Å². The van der Waals surface area contributed by atoms with E-state index in [1.54, 1.807) is 6.07 Å². The van der Waals surface area contributed by atoms with Gasteiger partial charge in [-0.1, -0.05) is 25.0 Å². The number of nitrogens with zero attached hydrogens (tertiary/aromatic N) is 1. The maximum atomic E-state index is 12.9. The van der Waals surface area contributed by atoms with Crippen LogP contribution >= 0.6 is 11.8 Å². The smallest absolute Gasteiger partial charge is 0.256 e. The molecule has 0 unspecified atom stereocenters. The van der Waals surface area contributed by atoms with Crippen molar-refractivity contribution < 1.29 is 13.2 Å². The lowest BCUT2D eigenvalue weighted by molar-refractivity contribution is 0.102. The van der Waals surface area contributed by atoms with Gasteiger partial charge in [0.05, 0.1) is 17.1 Å². The highest BCUT2D eigenvalue weighted by Crippen LogP contribution is 2.33. The zero-order valence-corrected chi connectivity index (χ0v) is 18.7. The minimum absolute atomic E-state index is 0.0110. The van der Waals surface area contributed by atoms with Gasteiger partial charge < -0.3 is 10.2 Å². The molecule has 1 N–H and O–H groups in total. The molecule has 30 heavy (non-hydrogen) atoms. The van der Waals surface area contributed by atoms with E-state index in [1.165, 1.54) is 43.1 Å². The summed E-state index contributed by atoms with van der Waals surface area (Å²) in [6.45, 7) is 2.18. The van der Waals surface area contributed by atoms with Crippen molar-refractivity contribution in [3.8, 4) is 0 Å². The molecule has 1 amide bonds. The molecule has 160 valence electrons. The second kappa shape index (κ2) is 9.43. The SMILES string of the molecule is O=C(Nc1ccc(N2CCCCCC2)cc1)c1ccccc1S[C@H]1CCS(=O)(=O)C1. The second-order valence-corrected chi connectivity index (χ2v) is 11.6. The predicted molar refractivity (Wildman–Crippen MR) is 124 cm³/mol. The largest absolute Gasteiger partial charge is 0.372 e. The molecule has 1 atom stereocenters. The van der Waals surface area contributed by atoms with Crippen LogP contribution in [0.25, 0.3) is 0 Å². The van der Waals surface area contributed by atoms with E-state index in [2.05, 4.69) is 22.3 Å². The van der Waals surface area contributed by atoms with Gasteiger partial charge in [0, 0.05) is 34.6 Å². The summed E-state index contributed by atoms with van der Waals surface area (Å²) in [5.41, 5.74) is 2.55. The summed E-state index contributed by atoms with van der Waals surface area (Å²) < 4.78 is 23.5. The lowest BCUT2D eigenvalue weighted by atomic mass is 10.2. The minimum atomic E-state index is -2.94. The van der Waals surface area contributed by atoms with Gasteiger partial charge in [-0.2, -0.15) is 0 Å². The Hall–Kier alpha value is -1.99. The monoisotopic (exact) mass is 444 g/mol. The van der Waals surface area contributed by atoms with Gasteiger partial charge in [0.25, 0.3) is 5.91 Å². The number of hydrogen-bond donors (Lipinski definition) is 1. The number of thioether (sulfide) groups is 1. The fourth-order valence-corrected chi connectivity index (χ4v) is 7.70. The van der Waals surface area contributed by atoms with Crippen molar-refractivity contribution in [3.05, 3.63) is 54.1 Å². The van der Waals surface area contributed by atoms with Crippen molar-refractivity contribution in [2.75, 3.05) is 34.8 Å². The zero-order chi connectivity index (χ0) is 21.0. The van der Waals surface area contributed by atoms with Crippen molar-refractivity contribution in [1.82, 2.24) is 0 Å². The number of benzene rings is 2. The Labute approximate surface area is 183 Å². The van der Waals surface area contributed by atoms with E-state index in [0.717, 1.165) is 23.7 Å². The summed E-state index contributed by atoms with van der Waals surface area (Å²) in [6.07, 6.45) is 5.70. The van der Waals surface area contributed by atoms with E-state index in [-0.39, 0.29) is 22.7 Å². The summed E-state index contributed by atoms with van der Waals surface area (Å²) in [5.74, 6) is 0.259. The first-order chi connectivity index (χ1) is 14.5. The number of sulfone groups is 1. The van der Waals surface area contributed by atoms with Gasteiger partial charge in [0.2, 0.25) is 0 Å². The van der Waals surface area contributed by atoms with E-state index >= 15 is 0 Å². The molecule has 2 aromatic rings. The van der Waals surface area contributed by atoms with Crippen LogP contribution in [-0.4, -0.2) is 44.2 Å². The Kier molecular flexibility index (Phi) is 6.68. The molecule has 2 saturated heterocycles. The highest BCUT2D eigenvalue weighted by Gasteiger charge is 2.29. The third-order valence-electron chi connectivity index (χ3n) is 5.71. The van der Waals surface area contributed by atoms with E-state index in [0.29, 0.717) is 12.0 Å². The molecule has 0 bridgehead atoms. The van der Waals surface area contributed by atoms with Gasteiger partial charge in [-0.15, -0.1) is 11.8 Å². The molecule has 2 fully saturated rings. The number of hydrogen-bond acceptors (Lipinski definition) is 5. The molecule has 0 aromatic heterocycles. The van der Waals surface area contributed by atoms with Crippen LogP contribution < -0.4 is 10.2 Å². The minimum Gasteiger partial charge on any atom is -0.372 e. The summed E-state index contributed by atoms with van der Waals surface area (Å²) in [7, 11) is -2.94. The zero-order valence-electron chi connectivity index (χ0n) is 17.0. The average molecular weight is 445 g/mol. The molecule has 2 aliphatic rings.